The molecule has 0 spiro atoms. The Morgan fingerprint density at radius 2 is 2.04 bits per heavy atom. The molecule has 0 bridgehead atoms. The number of fused-ring (bicyclic) bond motifs is 1. The third-order valence-electron chi connectivity index (χ3n) is 4.36. The molecule has 3 aromatic rings. The zero-order valence-corrected chi connectivity index (χ0v) is 16.6. The zero-order chi connectivity index (χ0) is 19.6. The number of hydrogen-bond donors (Lipinski definition) is 1. The molecule has 2 aromatic carbocycles. The van der Waals surface area contributed by atoms with E-state index in [0.29, 0.717) is 13.0 Å². The molecule has 0 radical (unpaired) electrons. The molecular weight excluding hydrogens is 368 g/mol. The smallest absolute Gasteiger partial charge is 0.228 e. The molecule has 0 atom stereocenters. The summed E-state index contributed by atoms with van der Waals surface area (Å²) in [5, 5.41) is 2.95. The van der Waals surface area contributed by atoms with Crippen molar-refractivity contribution in [3.8, 4) is 18.1 Å². The van der Waals surface area contributed by atoms with Crippen LogP contribution < -0.4 is 10.1 Å². The Kier molecular flexibility index (Phi) is 7.45. The van der Waals surface area contributed by atoms with E-state index in [1.165, 1.54) is 0 Å². The number of unbranched alkanes of at least 4 members (excludes halogenated alkanes) is 4. The summed E-state index contributed by atoms with van der Waals surface area (Å²) in [5.41, 5.74) is 4.48. The Hall–Kier alpha value is -2.84. The van der Waals surface area contributed by atoms with Crippen LogP contribution in [-0.4, -0.2) is 17.5 Å². The van der Waals surface area contributed by atoms with E-state index in [9.17, 15) is 4.79 Å². The van der Waals surface area contributed by atoms with E-state index in [1.807, 2.05) is 42.5 Å². The normalized spacial score (nSPS) is 10.5. The lowest BCUT2D eigenvalue weighted by Crippen LogP contribution is -2.14. The summed E-state index contributed by atoms with van der Waals surface area (Å²) in [4.78, 5) is 16.6. The number of amides is 1. The van der Waals surface area contributed by atoms with Crippen LogP contribution in [0.15, 0.2) is 48.0 Å². The number of hydrogen-bond acceptors (Lipinski definition) is 4. The second-order valence-electron chi connectivity index (χ2n) is 6.62. The lowest BCUT2D eigenvalue weighted by molar-refractivity contribution is -0.115. The number of nitrogens with zero attached hydrogens (tertiary/aromatic N) is 1. The summed E-state index contributed by atoms with van der Waals surface area (Å²) < 4.78 is 6.88. The van der Waals surface area contributed by atoms with Crippen molar-refractivity contribution >= 4 is 33.1 Å². The van der Waals surface area contributed by atoms with Gasteiger partial charge < -0.3 is 10.1 Å². The Labute approximate surface area is 170 Å². The van der Waals surface area contributed by atoms with Crippen molar-refractivity contribution < 1.29 is 9.53 Å². The molecule has 0 unspecified atom stereocenters. The minimum Gasteiger partial charge on any atom is -0.494 e. The lowest BCUT2D eigenvalue weighted by Gasteiger charge is -2.09. The average molecular weight is 393 g/mol. The monoisotopic (exact) mass is 392 g/mol. The Bertz CT molecular complexity index is 958. The number of thiazole rings is 1. The van der Waals surface area contributed by atoms with Crippen molar-refractivity contribution in [3.05, 3.63) is 53.5 Å². The van der Waals surface area contributed by atoms with Gasteiger partial charge in [-0.05, 0) is 48.7 Å². The van der Waals surface area contributed by atoms with Gasteiger partial charge in [0.25, 0.3) is 0 Å². The maximum atomic E-state index is 12.4. The summed E-state index contributed by atoms with van der Waals surface area (Å²) in [6, 6.07) is 13.5. The van der Waals surface area contributed by atoms with Gasteiger partial charge >= 0.3 is 0 Å². The van der Waals surface area contributed by atoms with E-state index in [-0.39, 0.29) is 5.91 Å². The molecule has 5 heteroatoms. The van der Waals surface area contributed by atoms with Crippen LogP contribution in [0.4, 0.5) is 5.69 Å². The number of aromatic nitrogens is 1. The maximum Gasteiger partial charge on any atom is 0.228 e. The van der Waals surface area contributed by atoms with Crippen LogP contribution in [0.5, 0.6) is 5.75 Å². The predicted molar refractivity (Wildman–Crippen MR) is 116 cm³/mol. The summed E-state index contributed by atoms with van der Waals surface area (Å²) in [6.07, 6.45) is 10.8. The lowest BCUT2D eigenvalue weighted by atomic mass is 10.1. The predicted octanol–water partition coefficient (Wildman–Crippen LogP) is 5.44. The zero-order valence-electron chi connectivity index (χ0n) is 15.8. The van der Waals surface area contributed by atoms with Crippen LogP contribution in [0.25, 0.3) is 10.2 Å². The number of carbonyl (C=O) groups is 1. The quantitative estimate of drug-likeness (QED) is 0.369. The van der Waals surface area contributed by atoms with Gasteiger partial charge in [0.2, 0.25) is 5.91 Å². The number of rotatable bonds is 10. The van der Waals surface area contributed by atoms with Crippen LogP contribution in [-0.2, 0) is 11.2 Å². The first-order chi connectivity index (χ1) is 13.7. The minimum atomic E-state index is -0.0467. The third kappa shape index (κ3) is 6.11. The van der Waals surface area contributed by atoms with E-state index in [0.717, 1.165) is 59.3 Å². The number of nitrogens with one attached hydrogen (secondary N) is 1. The van der Waals surface area contributed by atoms with E-state index in [1.54, 1.807) is 16.8 Å². The van der Waals surface area contributed by atoms with Gasteiger partial charge in [0.05, 0.1) is 28.8 Å². The Balaban J connectivity index is 1.45. The van der Waals surface area contributed by atoms with Crippen LogP contribution >= 0.6 is 11.3 Å². The summed E-state index contributed by atoms with van der Waals surface area (Å²) >= 11 is 1.56. The maximum absolute atomic E-state index is 12.4. The van der Waals surface area contributed by atoms with Crippen molar-refractivity contribution in [2.24, 2.45) is 0 Å². The molecule has 0 fully saturated rings. The summed E-state index contributed by atoms with van der Waals surface area (Å²) in [5.74, 6) is 3.42. The first kappa shape index (κ1) is 19.9. The molecule has 28 heavy (non-hydrogen) atoms. The first-order valence-electron chi connectivity index (χ1n) is 9.53. The van der Waals surface area contributed by atoms with E-state index >= 15 is 0 Å². The van der Waals surface area contributed by atoms with Gasteiger partial charge in [0.15, 0.2) is 0 Å². The van der Waals surface area contributed by atoms with Crippen molar-refractivity contribution in [1.29, 1.82) is 0 Å². The largest absolute Gasteiger partial charge is 0.494 e. The fourth-order valence-corrected chi connectivity index (χ4v) is 3.66. The highest BCUT2D eigenvalue weighted by molar-refractivity contribution is 7.16. The SMILES string of the molecule is C#CCCCCCCOc1cccc(CC(=O)Nc2ccc3ncsc3c2)c1. The van der Waals surface area contributed by atoms with Crippen LogP contribution in [0.3, 0.4) is 0 Å². The van der Waals surface area contributed by atoms with Crippen LogP contribution in [0.2, 0.25) is 0 Å². The van der Waals surface area contributed by atoms with Gasteiger partial charge in [-0.2, -0.15) is 0 Å². The Morgan fingerprint density at radius 1 is 1.14 bits per heavy atom. The standard InChI is InChI=1S/C23H24N2O2S/c1-2-3-4-5-6-7-13-27-20-10-8-9-18(14-20)15-23(26)25-19-11-12-21-22(16-19)28-17-24-21/h1,8-12,14,16-17H,3-7,13,15H2,(H,25,26). The van der Waals surface area contributed by atoms with Gasteiger partial charge in [-0.15, -0.1) is 23.7 Å². The number of carbonyl (C=O) groups excluding carboxylic acids is 1. The molecule has 0 saturated carbocycles. The molecule has 1 heterocycles. The van der Waals surface area contributed by atoms with Gasteiger partial charge in [-0.25, -0.2) is 4.98 Å². The van der Waals surface area contributed by atoms with E-state index in [4.69, 9.17) is 11.2 Å². The molecule has 1 amide bonds. The molecule has 4 nitrogen and oxygen atoms in total. The second kappa shape index (κ2) is 10.5. The molecule has 0 aliphatic rings. The highest BCUT2D eigenvalue weighted by Crippen LogP contribution is 2.22. The number of benzene rings is 2. The van der Waals surface area contributed by atoms with E-state index < -0.39 is 0 Å². The van der Waals surface area contributed by atoms with E-state index in [2.05, 4.69) is 16.2 Å². The topological polar surface area (TPSA) is 51.2 Å². The van der Waals surface area contributed by atoms with Crippen molar-refractivity contribution in [2.75, 3.05) is 11.9 Å². The molecule has 0 aliphatic carbocycles. The molecule has 0 saturated heterocycles. The Morgan fingerprint density at radius 3 is 2.93 bits per heavy atom. The molecule has 1 aromatic heterocycles. The number of anilines is 1. The van der Waals surface area contributed by atoms with Gasteiger partial charge in [0, 0.05) is 12.1 Å². The van der Waals surface area contributed by atoms with Crippen LogP contribution in [0.1, 0.15) is 37.7 Å². The molecule has 0 aliphatic heterocycles. The van der Waals surface area contributed by atoms with Crippen LogP contribution in [0, 0.1) is 12.3 Å². The van der Waals surface area contributed by atoms with Crippen molar-refractivity contribution in [1.82, 2.24) is 4.98 Å². The average Bonchev–Trinajstić information content (AvgIpc) is 3.15. The molecule has 144 valence electrons. The van der Waals surface area contributed by atoms with Gasteiger partial charge in [0.1, 0.15) is 5.75 Å². The molecule has 1 N–H and O–H groups in total. The second-order valence-corrected chi connectivity index (χ2v) is 7.51. The number of ether oxygens (including phenoxy) is 1. The first-order valence-corrected chi connectivity index (χ1v) is 10.4. The van der Waals surface area contributed by atoms with Crippen molar-refractivity contribution in [3.63, 3.8) is 0 Å². The summed E-state index contributed by atoms with van der Waals surface area (Å²) in [7, 11) is 0. The third-order valence-corrected chi connectivity index (χ3v) is 5.15. The van der Waals surface area contributed by atoms with Gasteiger partial charge in [-0.3, -0.25) is 4.79 Å². The molecule has 3 rings (SSSR count). The summed E-state index contributed by atoms with van der Waals surface area (Å²) in [6.45, 7) is 0.681. The number of terminal acetylenes is 1. The highest BCUT2D eigenvalue weighted by Gasteiger charge is 2.07. The fourth-order valence-electron chi connectivity index (χ4n) is 2.94. The van der Waals surface area contributed by atoms with Crippen molar-refractivity contribution in [2.45, 2.75) is 38.5 Å². The minimum absolute atomic E-state index is 0.0467. The highest BCUT2D eigenvalue weighted by atomic mass is 32.1. The molecular formula is C23H24N2O2S. The van der Waals surface area contributed by atoms with Gasteiger partial charge in [-0.1, -0.05) is 25.0 Å². The fraction of sp³-hybridized carbons (Fsp3) is 0.304.